The van der Waals surface area contributed by atoms with Gasteiger partial charge in [0.25, 0.3) is 0 Å². The Bertz CT molecular complexity index is 1600. The molecule has 1 atom stereocenters. The van der Waals surface area contributed by atoms with Gasteiger partial charge in [-0.15, -0.1) is 0 Å². The van der Waals surface area contributed by atoms with E-state index in [1.54, 1.807) is 13.3 Å². The van der Waals surface area contributed by atoms with E-state index in [4.69, 9.17) is 4.74 Å². The maximum absolute atomic E-state index is 13.9. The zero-order valence-electron chi connectivity index (χ0n) is 25.7. The predicted octanol–water partition coefficient (Wildman–Crippen LogP) is 5.16. The quantitative estimate of drug-likeness (QED) is 0.264. The Hall–Kier alpha value is -3.20. The van der Waals surface area contributed by atoms with Crippen molar-refractivity contribution in [3.63, 3.8) is 0 Å². The first kappa shape index (κ1) is 32.2. The zero-order chi connectivity index (χ0) is 31.6. The molecule has 0 spiro atoms. The smallest absolute Gasteiger partial charge is 0.229 e. The van der Waals surface area contributed by atoms with Crippen LogP contribution in [-0.2, 0) is 10.0 Å². The molecule has 0 bridgehead atoms. The molecule has 0 radical (unpaired) electrons. The van der Waals surface area contributed by atoms with Crippen molar-refractivity contribution >= 4 is 60.5 Å². The molecule has 238 valence electrons. The molecule has 0 amide bonds. The van der Waals surface area contributed by atoms with E-state index in [9.17, 15) is 12.8 Å². The number of benzene rings is 2. The lowest BCUT2D eigenvalue weighted by atomic mass is 10.0. The maximum Gasteiger partial charge on any atom is 0.229 e. The Morgan fingerprint density at radius 2 is 1.80 bits per heavy atom. The molecule has 1 aromatic heterocycles. The van der Waals surface area contributed by atoms with Gasteiger partial charge in [-0.3, -0.25) is 9.62 Å². The van der Waals surface area contributed by atoms with Crippen molar-refractivity contribution in [3.05, 3.63) is 52.4 Å². The van der Waals surface area contributed by atoms with Crippen LogP contribution in [0.3, 0.4) is 0 Å². The van der Waals surface area contributed by atoms with Crippen molar-refractivity contribution < 1.29 is 17.5 Å². The summed E-state index contributed by atoms with van der Waals surface area (Å²) in [5.41, 5.74) is 3.36. The summed E-state index contributed by atoms with van der Waals surface area (Å²) in [5.74, 6) is 0.741. The normalized spacial score (nSPS) is 18.1. The second kappa shape index (κ2) is 13.4. The summed E-state index contributed by atoms with van der Waals surface area (Å²) in [7, 11) is 2.35. The first-order chi connectivity index (χ1) is 20.9. The minimum atomic E-state index is -3.64. The second-order valence-corrected chi connectivity index (χ2v) is 14.3. The number of nitrogens with zero attached hydrogens (tertiary/aromatic N) is 5. The molecule has 11 nitrogen and oxygen atoms in total. The molecule has 2 fully saturated rings. The molecule has 3 N–H and O–H groups in total. The van der Waals surface area contributed by atoms with Crippen LogP contribution in [0, 0.1) is 12.7 Å². The number of aryl methyl sites for hydroxylation is 1. The van der Waals surface area contributed by atoms with Crippen LogP contribution in [0.5, 0.6) is 5.75 Å². The van der Waals surface area contributed by atoms with E-state index >= 15 is 0 Å². The summed E-state index contributed by atoms with van der Waals surface area (Å²) >= 11 is 3.44. The first-order valence-corrected chi connectivity index (χ1v) is 17.3. The number of rotatable bonds is 10. The second-order valence-electron chi connectivity index (χ2n) is 11.7. The number of sulfonamides is 1. The highest BCUT2D eigenvalue weighted by Crippen LogP contribution is 2.37. The molecule has 0 aliphatic carbocycles. The first-order valence-electron chi connectivity index (χ1n) is 14.6. The van der Waals surface area contributed by atoms with Gasteiger partial charge in [0, 0.05) is 62.3 Å². The van der Waals surface area contributed by atoms with Crippen molar-refractivity contribution in [2.45, 2.75) is 38.3 Å². The van der Waals surface area contributed by atoms with E-state index in [0.717, 1.165) is 56.0 Å². The number of ether oxygens (including phenoxy) is 1. The number of methoxy groups -OCH3 is 1. The summed E-state index contributed by atoms with van der Waals surface area (Å²) in [4.78, 5) is 16.4. The van der Waals surface area contributed by atoms with Gasteiger partial charge in [-0.25, -0.2) is 17.8 Å². The van der Waals surface area contributed by atoms with Crippen LogP contribution < -0.4 is 25.0 Å². The van der Waals surface area contributed by atoms with Crippen LogP contribution in [0.25, 0.3) is 0 Å². The fourth-order valence-corrected chi connectivity index (χ4v) is 6.81. The molecular weight excluding hydrogens is 651 g/mol. The molecule has 44 heavy (non-hydrogen) atoms. The SMILES string of the molecule is COc1cc(N2CCC(N3CCC(N(C)C)C3)CC2)c(C)cc1Nc1ncc(Br)c(Nc2ccc(F)cc2NS(C)(=O)=O)n1. The molecule has 2 aliphatic heterocycles. The van der Waals surface area contributed by atoms with Crippen molar-refractivity contribution in [1.82, 2.24) is 19.8 Å². The van der Waals surface area contributed by atoms with Gasteiger partial charge in [0.2, 0.25) is 16.0 Å². The van der Waals surface area contributed by atoms with Gasteiger partial charge in [-0.1, -0.05) is 0 Å². The Morgan fingerprint density at radius 3 is 2.45 bits per heavy atom. The van der Waals surface area contributed by atoms with Crippen LogP contribution in [0.15, 0.2) is 41.0 Å². The van der Waals surface area contributed by atoms with Gasteiger partial charge in [-0.05, 0) is 80.0 Å². The van der Waals surface area contributed by atoms with Crippen LogP contribution >= 0.6 is 15.9 Å². The van der Waals surface area contributed by atoms with E-state index in [1.165, 1.54) is 25.1 Å². The van der Waals surface area contributed by atoms with Crippen molar-refractivity contribution in [2.24, 2.45) is 0 Å². The van der Waals surface area contributed by atoms with Crippen LogP contribution in [-0.4, -0.2) is 93.9 Å². The third kappa shape index (κ3) is 7.71. The van der Waals surface area contributed by atoms with Gasteiger partial charge in [-0.2, -0.15) is 4.98 Å². The molecule has 2 aliphatic rings. The lowest BCUT2D eigenvalue weighted by molar-refractivity contribution is 0.189. The van der Waals surface area contributed by atoms with E-state index in [2.05, 4.69) is 83.0 Å². The van der Waals surface area contributed by atoms with E-state index in [-0.39, 0.29) is 5.69 Å². The van der Waals surface area contributed by atoms with Crippen molar-refractivity contribution in [3.8, 4) is 5.75 Å². The molecule has 2 saturated heterocycles. The van der Waals surface area contributed by atoms with Gasteiger partial charge in [0.05, 0.1) is 34.9 Å². The standard InChI is InChI=1S/C30H40BrFN8O3S/c1-19-14-26(28(43-4)16-27(19)39-11-8-21(9-12-39)40-13-10-22(18-40)38(2)3)35-30-33-17-23(31)29(36-30)34-24-7-6-20(32)15-25(24)37-44(5,41)42/h6-7,14-17,21-22,37H,8-13,18H2,1-5H3,(H2,33,34,35,36). The molecule has 0 saturated carbocycles. The number of hydrogen-bond donors (Lipinski definition) is 3. The van der Waals surface area contributed by atoms with Gasteiger partial charge >= 0.3 is 0 Å². The van der Waals surface area contributed by atoms with Gasteiger partial charge < -0.3 is 25.2 Å². The third-order valence-corrected chi connectivity index (χ3v) is 9.46. The molecule has 14 heteroatoms. The largest absolute Gasteiger partial charge is 0.494 e. The van der Waals surface area contributed by atoms with E-state index in [1.807, 2.05) is 6.07 Å². The minimum Gasteiger partial charge on any atom is -0.494 e. The monoisotopic (exact) mass is 690 g/mol. The fraction of sp³-hybridized carbons (Fsp3) is 0.467. The van der Waals surface area contributed by atoms with E-state index in [0.29, 0.717) is 45.4 Å². The average Bonchev–Trinajstić information content (AvgIpc) is 3.47. The molecule has 1 unspecified atom stereocenters. The molecule has 2 aromatic carbocycles. The number of anilines is 6. The molecule has 3 heterocycles. The van der Waals surface area contributed by atoms with Crippen LogP contribution in [0.2, 0.25) is 0 Å². The molecular formula is C30H40BrFN8O3S. The number of likely N-dealkylation sites (N-methyl/N-ethyl adjacent to an activating group) is 1. The zero-order valence-corrected chi connectivity index (χ0v) is 28.1. The van der Waals surface area contributed by atoms with Crippen molar-refractivity contribution in [1.29, 1.82) is 0 Å². The highest BCUT2D eigenvalue weighted by atomic mass is 79.9. The average molecular weight is 692 g/mol. The number of hydrogen-bond acceptors (Lipinski definition) is 10. The predicted molar refractivity (Wildman–Crippen MR) is 178 cm³/mol. The Balaban J connectivity index is 1.30. The fourth-order valence-electron chi connectivity index (χ4n) is 5.95. The molecule has 5 rings (SSSR count). The summed E-state index contributed by atoms with van der Waals surface area (Å²) in [6.07, 6.45) is 6.09. The number of aromatic nitrogens is 2. The maximum atomic E-state index is 13.9. The third-order valence-electron chi connectivity index (χ3n) is 8.29. The lowest BCUT2D eigenvalue weighted by Gasteiger charge is -2.38. The summed E-state index contributed by atoms with van der Waals surface area (Å²) < 4.78 is 46.2. The van der Waals surface area contributed by atoms with Gasteiger partial charge in [0.15, 0.2) is 0 Å². The van der Waals surface area contributed by atoms with Gasteiger partial charge in [0.1, 0.15) is 17.4 Å². The minimum absolute atomic E-state index is 0.0580. The Labute approximate surface area is 267 Å². The highest BCUT2D eigenvalue weighted by Gasteiger charge is 2.32. The topological polar surface area (TPSA) is 115 Å². The lowest BCUT2D eigenvalue weighted by Crippen LogP contribution is -2.45. The Morgan fingerprint density at radius 1 is 1.05 bits per heavy atom. The summed E-state index contributed by atoms with van der Waals surface area (Å²) in [6.45, 7) is 6.42. The van der Waals surface area contributed by atoms with E-state index < -0.39 is 15.8 Å². The number of halogens is 2. The van der Waals surface area contributed by atoms with Crippen molar-refractivity contribution in [2.75, 3.05) is 73.9 Å². The highest BCUT2D eigenvalue weighted by molar-refractivity contribution is 9.10. The van der Waals surface area contributed by atoms with Crippen LogP contribution in [0.4, 0.5) is 38.9 Å². The van der Waals surface area contributed by atoms with Crippen LogP contribution in [0.1, 0.15) is 24.8 Å². The number of likely N-dealkylation sites (tertiary alicyclic amines) is 1. The molecule has 3 aromatic rings. The summed E-state index contributed by atoms with van der Waals surface area (Å²) in [5, 5.41) is 6.32. The number of piperidine rings is 1. The Kier molecular flexibility index (Phi) is 9.83. The summed E-state index contributed by atoms with van der Waals surface area (Å²) in [6, 6.07) is 9.15. The number of nitrogens with one attached hydrogen (secondary N) is 3.